The molecule has 0 unspecified atom stereocenters. The van der Waals surface area contributed by atoms with Gasteiger partial charge in [0, 0.05) is 25.1 Å². The third-order valence-corrected chi connectivity index (χ3v) is 4.82. The molecule has 0 atom stereocenters. The second kappa shape index (κ2) is 8.50. The van der Waals surface area contributed by atoms with Crippen molar-refractivity contribution in [2.75, 3.05) is 11.1 Å². The molecule has 25 heavy (non-hydrogen) atoms. The van der Waals surface area contributed by atoms with E-state index in [2.05, 4.69) is 15.5 Å². The van der Waals surface area contributed by atoms with Crippen molar-refractivity contribution in [3.63, 3.8) is 0 Å². The summed E-state index contributed by atoms with van der Waals surface area (Å²) in [5.74, 6) is 0.573. The molecule has 0 aliphatic heterocycles. The van der Waals surface area contributed by atoms with E-state index in [0.29, 0.717) is 11.7 Å². The van der Waals surface area contributed by atoms with Crippen LogP contribution in [0, 0.1) is 10.1 Å². The molecule has 134 valence electrons. The van der Waals surface area contributed by atoms with Crippen molar-refractivity contribution in [2.24, 2.45) is 0 Å². The molecule has 1 heterocycles. The van der Waals surface area contributed by atoms with Crippen LogP contribution in [0.15, 0.2) is 17.3 Å². The zero-order chi connectivity index (χ0) is 18.6. The van der Waals surface area contributed by atoms with Crippen molar-refractivity contribution in [1.82, 2.24) is 14.8 Å². The Morgan fingerprint density at radius 3 is 2.48 bits per heavy atom. The highest BCUT2D eigenvalue weighted by atomic mass is 35.5. The zero-order valence-electron chi connectivity index (χ0n) is 13.5. The molecule has 0 fully saturated rings. The first kappa shape index (κ1) is 19.5. The zero-order valence-corrected chi connectivity index (χ0v) is 15.8. The van der Waals surface area contributed by atoms with Crippen LogP contribution in [0.25, 0.3) is 0 Å². The first-order valence-corrected chi connectivity index (χ1v) is 9.09. The third kappa shape index (κ3) is 4.62. The number of nitro benzene ring substituents is 1. The van der Waals surface area contributed by atoms with E-state index in [1.54, 1.807) is 0 Å². The van der Waals surface area contributed by atoms with Gasteiger partial charge in [0.15, 0.2) is 5.16 Å². The number of carbonyl (C=O) groups is 1. The van der Waals surface area contributed by atoms with Gasteiger partial charge in [0.1, 0.15) is 5.82 Å². The lowest BCUT2D eigenvalue weighted by atomic mass is 10.3. The maximum absolute atomic E-state index is 12.1. The van der Waals surface area contributed by atoms with Crippen LogP contribution in [0.4, 0.5) is 11.4 Å². The quantitative estimate of drug-likeness (QED) is 0.428. The lowest BCUT2D eigenvalue weighted by molar-refractivity contribution is -0.384. The largest absolute Gasteiger partial charge is 0.323 e. The van der Waals surface area contributed by atoms with Crippen molar-refractivity contribution in [3.05, 3.63) is 38.1 Å². The molecule has 0 spiro atoms. The lowest BCUT2D eigenvalue weighted by Gasteiger charge is -2.09. The van der Waals surface area contributed by atoms with Crippen molar-refractivity contribution in [1.29, 1.82) is 0 Å². The number of aromatic nitrogens is 3. The summed E-state index contributed by atoms with van der Waals surface area (Å²) in [4.78, 5) is 22.3. The fourth-order valence-electron chi connectivity index (χ4n) is 2.10. The average molecular weight is 404 g/mol. The van der Waals surface area contributed by atoms with Crippen LogP contribution in [0.5, 0.6) is 0 Å². The molecule has 0 radical (unpaired) electrons. The van der Waals surface area contributed by atoms with Crippen LogP contribution in [0.2, 0.25) is 10.0 Å². The molecule has 8 nitrogen and oxygen atoms in total. The molecule has 0 bridgehead atoms. The second-order valence-electron chi connectivity index (χ2n) is 4.87. The van der Waals surface area contributed by atoms with Gasteiger partial charge in [-0.25, -0.2) is 0 Å². The van der Waals surface area contributed by atoms with Crippen molar-refractivity contribution in [3.8, 4) is 0 Å². The number of hydrogen-bond donors (Lipinski definition) is 1. The molecular formula is C14H15Cl2N5O3S. The average Bonchev–Trinajstić information content (AvgIpc) is 2.97. The predicted octanol–water partition coefficient (Wildman–Crippen LogP) is 3.81. The number of amides is 1. The molecule has 1 aromatic heterocycles. The fourth-order valence-corrected chi connectivity index (χ4v) is 3.49. The van der Waals surface area contributed by atoms with Gasteiger partial charge in [0.25, 0.3) is 5.69 Å². The van der Waals surface area contributed by atoms with Crippen LogP contribution in [-0.4, -0.2) is 31.3 Å². The van der Waals surface area contributed by atoms with E-state index in [0.717, 1.165) is 24.4 Å². The standard InChI is InChI=1S/C14H15Cl2N5O3S/c1-3-11-18-19-14(20(11)4-2)25-7-12(22)17-13-9(15)5-8(21(23)24)6-10(13)16/h5-6H,3-4,7H2,1-2H3,(H,17,22). The van der Waals surface area contributed by atoms with Gasteiger partial charge in [-0.3, -0.25) is 14.9 Å². The number of rotatable bonds is 7. The Bertz CT molecular complexity index is 789. The minimum atomic E-state index is -0.609. The van der Waals surface area contributed by atoms with E-state index in [-0.39, 0.29) is 33.1 Å². The fraction of sp³-hybridized carbons (Fsp3) is 0.357. The number of nitrogens with one attached hydrogen (secondary N) is 1. The van der Waals surface area contributed by atoms with Crippen LogP contribution in [0.3, 0.4) is 0 Å². The van der Waals surface area contributed by atoms with Gasteiger partial charge >= 0.3 is 0 Å². The SMILES string of the molecule is CCc1nnc(SCC(=O)Nc2c(Cl)cc([N+](=O)[O-])cc2Cl)n1CC. The van der Waals surface area contributed by atoms with Crippen molar-refractivity contribution >= 4 is 52.2 Å². The summed E-state index contributed by atoms with van der Waals surface area (Å²) in [6, 6.07) is 2.27. The third-order valence-electron chi connectivity index (χ3n) is 3.26. The Morgan fingerprint density at radius 1 is 1.32 bits per heavy atom. The van der Waals surface area contributed by atoms with Gasteiger partial charge in [0.05, 0.1) is 26.4 Å². The molecule has 0 saturated heterocycles. The molecule has 11 heteroatoms. The normalized spacial score (nSPS) is 10.7. The van der Waals surface area contributed by atoms with Gasteiger partial charge in [-0.05, 0) is 6.92 Å². The minimum absolute atomic E-state index is 0.00236. The Labute approximate surface area is 158 Å². The number of nitrogens with zero attached hydrogens (tertiary/aromatic N) is 4. The van der Waals surface area contributed by atoms with E-state index >= 15 is 0 Å². The summed E-state index contributed by atoms with van der Waals surface area (Å²) in [5.41, 5.74) is -0.101. The number of aryl methyl sites for hydroxylation is 1. The number of nitro groups is 1. The number of benzene rings is 1. The summed E-state index contributed by atoms with van der Waals surface area (Å²) in [5, 5.41) is 22.1. The summed E-state index contributed by atoms with van der Waals surface area (Å²) >= 11 is 13.2. The topological polar surface area (TPSA) is 103 Å². The monoisotopic (exact) mass is 403 g/mol. The Balaban J connectivity index is 2.06. The number of thioether (sulfide) groups is 1. The summed E-state index contributed by atoms with van der Waals surface area (Å²) in [7, 11) is 0. The number of non-ortho nitro benzene ring substituents is 1. The number of halogens is 2. The molecule has 0 aliphatic rings. The van der Waals surface area contributed by atoms with Crippen LogP contribution < -0.4 is 5.32 Å². The number of hydrogen-bond acceptors (Lipinski definition) is 6. The first-order valence-electron chi connectivity index (χ1n) is 7.35. The molecular weight excluding hydrogens is 389 g/mol. The van der Waals surface area contributed by atoms with E-state index in [1.807, 2.05) is 18.4 Å². The molecule has 1 aromatic carbocycles. The lowest BCUT2D eigenvalue weighted by Crippen LogP contribution is -2.15. The van der Waals surface area contributed by atoms with Gasteiger partial charge in [0.2, 0.25) is 5.91 Å². The maximum atomic E-state index is 12.1. The van der Waals surface area contributed by atoms with Gasteiger partial charge in [-0.1, -0.05) is 41.9 Å². The van der Waals surface area contributed by atoms with Crippen LogP contribution in [-0.2, 0) is 17.8 Å². The smallest absolute Gasteiger partial charge is 0.272 e. The van der Waals surface area contributed by atoms with E-state index in [9.17, 15) is 14.9 Å². The molecule has 2 rings (SSSR count). The van der Waals surface area contributed by atoms with E-state index in [1.165, 1.54) is 11.8 Å². The Kier molecular flexibility index (Phi) is 6.63. The Hall–Kier alpha value is -1.84. The second-order valence-corrected chi connectivity index (χ2v) is 6.63. The van der Waals surface area contributed by atoms with Crippen LogP contribution >= 0.6 is 35.0 Å². The molecule has 0 aliphatic carbocycles. The number of carbonyl (C=O) groups excluding carboxylic acids is 1. The Morgan fingerprint density at radius 2 is 1.96 bits per heavy atom. The highest BCUT2D eigenvalue weighted by Gasteiger charge is 2.17. The van der Waals surface area contributed by atoms with Crippen LogP contribution in [0.1, 0.15) is 19.7 Å². The summed E-state index contributed by atoms with van der Waals surface area (Å²) in [6.45, 7) is 4.67. The predicted molar refractivity (Wildman–Crippen MR) is 97.5 cm³/mol. The molecule has 2 aromatic rings. The highest BCUT2D eigenvalue weighted by molar-refractivity contribution is 7.99. The van der Waals surface area contributed by atoms with Gasteiger partial charge < -0.3 is 9.88 Å². The molecule has 1 N–H and O–H groups in total. The van der Waals surface area contributed by atoms with Crippen molar-refractivity contribution < 1.29 is 9.72 Å². The first-order chi connectivity index (χ1) is 11.9. The minimum Gasteiger partial charge on any atom is -0.323 e. The van der Waals surface area contributed by atoms with Crippen molar-refractivity contribution in [2.45, 2.75) is 32.0 Å². The van der Waals surface area contributed by atoms with E-state index < -0.39 is 4.92 Å². The maximum Gasteiger partial charge on any atom is 0.272 e. The summed E-state index contributed by atoms with van der Waals surface area (Å²) in [6.07, 6.45) is 0.752. The van der Waals surface area contributed by atoms with Gasteiger partial charge in [-0.15, -0.1) is 10.2 Å². The highest BCUT2D eigenvalue weighted by Crippen LogP contribution is 2.34. The molecule has 1 amide bonds. The molecule has 0 saturated carbocycles. The van der Waals surface area contributed by atoms with Gasteiger partial charge in [-0.2, -0.15) is 0 Å². The summed E-state index contributed by atoms with van der Waals surface area (Å²) < 4.78 is 1.93. The number of anilines is 1. The van der Waals surface area contributed by atoms with E-state index in [4.69, 9.17) is 23.2 Å².